The number of anilines is 2. The standard InChI is InChI=1S/C17H13FN4/c18-13-1-3-14(4-2-13)21-17-8-16-12(10-20-17)7-15(22-16)11-5-6-19-9-11/h1-5,7-10,22H,6H2,(H,20,21). The second kappa shape index (κ2) is 5.11. The Morgan fingerprint density at radius 2 is 2.00 bits per heavy atom. The van der Waals surface area contributed by atoms with E-state index < -0.39 is 0 Å². The molecule has 2 aromatic heterocycles. The Morgan fingerprint density at radius 3 is 2.77 bits per heavy atom. The molecule has 1 aromatic carbocycles. The van der Waals surface area contributed by atoms with Gasteiger partial charge in [0.05, 0.1) is 12.1 Å². The summed E-state index contributed by atoms with van der Waals surface area (Å²) in [5.74, 6) is 0.455. The maximum absolute atomic E-state index is 12.9. The van der Waals surface area contributed by atoms with Crippen LogP contribution in [0.25, 0.3) is 16.5 Å². The first-order valence-electron chi connectivity index (χ1n) is 7.00. The Labute approximate surface area is 126 Å². The normalized spacial score (nSPS) is 13.6. The summed E-state index contributed by atoms with van der Waals surface area (Å²) in [6.07, 6.45) is 5.76. The maximum atomic E-state index is 12.9. The minimum Gasteiger partial charge on any atom is -0.354 e. The number of pyridine rings is 1. The Morgan fingerprint density at radius 1 is 1.14 bits per heavy atom. The lowest BCUT2D eigenvalue weighted by Crippen LogP contribution is -1.93. The van der Waals surface area contributed by atoms with Gasteiger partial charge < -0.3 is 10.3 Å². The minimum absolute atomic E-state index is 0.255. The fraction of sp³-hybridized carbons (Fsp3) is 0.0588. The number of benzene rings is 1. The summed E-state index contributed by atoms with van der Waals surface area (Å²) in [4.78, 5) is 12.0. The fourth-order valence-corrected chi connectivity index (χ4v) is 2.47. The molecule has 0 amide bonds. The summed E-state index contributed by atoms with van der Waals surface area (Å²) < 4.78 is 12.9. The molecule has 4 rings (SSSR count). The van der Waals surface area contributed by atoms with Crippen molar-refractivity contribution >= 4 is 34.2 Å². The number of aromatic amines is 1. The van der Waals surface area contributed by atoms with Crippen LogP contribution in [0.15, 0.2) is 53.7 Å². The van der Waals surface area contributed by atoms with Gasteiger partial charge in [-0.15, -0.1) is 0 Å². The number of rotatable bonds is 3. The van der Waals surface area contributed by atoms with E-state index in [1.807, 2.05) is 18.5 Å². The van der Waals surface area contributed by atoms with Crippen molar-refractivity contribution in [2.45, 2.75) is 0 Å². The minimum atomic E-state index is -0.255. The molecule has 0 atom stereocenters. The van der Waals surface area contributed by atoms with Gasteiger partial charge in [0.15, 0.2) is 0 Å². The summed E-state index contributed by atoms with van der Waals surface area (Å²) in [6, 6.07) is 10.2. The third-order valence-corrected chi connectivity index (χ3v) is 3.58. The zero-order chi connectivity index (χ0) is 14.9. The highest BCUT2D eigenvalue weighted by Crippen LogP contribution is 2.24. The van der Waals surface area contributed by atoms with Crippen molar-refractivity contribution in [1.82, 2.24) is 9.97 Å². The molecular weight excluding hydrogens is 279 g/mol. The summed E-state index contributed by atoms with van der Waals surface area (Å²) in [6.45, 7) is 0.736. The number of nitrogens with one attached hydrogen (secondary N) is 2. The van der Waals surface area contributed by atoms with Gasteiger partial charge in [0.1, 0.15) is 11.6 Å². The van der Waals surface area contributed by atoms with E-state index in [2.05, 4.69) is 32.4 Å². The van der Waals surface area contributed by atoms with Crippen LogP contribution < -0.4 is 5.32 Å². The van der Waals surface area contributed by atoms with Gasteiger partial charge in [0.25, 0.3) is 0 Å². The van der Waals surface area contributed by atoms with Crippen LogP contribution in [0.3, 0.4) is 0 Å². The van der Waals surface area contributed by atoms with Crippen molar-refractivity contribution in [2.24, 2.45) is 4.99 Å². The van der Waals surface area contributed by atoms with Gasteiger partial charge in [-0.3, -0.25) is 4.99 Å². The molecule has 0 saturated carbocycles. The summed E-state index contributed by atoms with van der Waals surface area (Å²) in [7, 11) is 0. The smallest absolute Gasteiger partial charge is 0.132 e. The molecule has 1 aliphatic heterocycles. The third kappa shape index (κ3) is 2.37. The molecular formula is C17H13FN4. The number of aromatic nitrogens is 2. The first kappa shape index (κ1) is 12.8. The van der Waals surface area contributed by atoms with E-state index in [1.54, 1.807) is 12.1 Å². The molecule has 4 nitrogen and oxygen atoms in total. The van der Waals surface area contributed by atoms with Crippen LogP contribution in [0.4, 0.5) is 15.9 Å². The fourth-order valence-electron chi connectivity index (χ4n) is 2.47. The molecule has 5 heteroatoms. The second-order valence-corrected chi connectivity index (χ2v) is 5.13. The molecule has 0 fully saturated rings. The van der Waals surface area contributed by atoms with Gasteiger partial charge in [0.2, 0.25) is 0 Å². The summed E-state index contributed by atoms with van der Waals surface area (Å²) in [5, 5.41) is 4.21. The molecule has 22 heavy (non-hydrogen) atoms. The van der Waals surface area contributed by atoms with Crippen LogP contribution >= 0.6 is 0 Å². The van der Waals surface area contributed by atoms with E-state index in [0.29, 0.717) is 5.82 Å². The highest BCUT2D eigenvalue weighted by atomic mass is 19.1. The first-order valence-corrected chi connectivity index (χ1v) is 7.00. The largest absolute Gasteiger partial charge is 0.354 e. The van der Waals surface area contributed by atoms with Crippen molar-refractivity contribution < 1.29 is 4.39 Å². The lowest BCUT2D eigenvalue weighted by molar-refractivity contribution is 0.628. The number of aliphatic imine (C=N–C) groups is 1. The Hall–Kier alpha value is -2.95. The molecule has 0 aliphatic carbocycles. The number of nitrogens with zero attached hydrogens (tertiary/aromatic N) is 2. The Balaban J connectivity index is 1.65. The number of H-pyrrole nitrogens is 1. The van der Waals surface area contributed by atoms with E-state index in [-0.39, 0.29) is 5.82 Å². The quantitative estimate of drug-likeness (QED) is 0.769. The van der Waals surface area contributed by atoms with E-state index in [9.17, 15) is 4.39 Å². The van der Waals surface area contributed by atoms with E-state index in [1.165, 1.54) is 12.1 Å². The van der Waals surface area contributed by atoms with Gasteiger partial charge in [-0.2, -0.15) is 0 Å². The SMILES string of the molecule is Fc1ccc(Nc2cc3[nH]c(C4=CCN=C4)cc3cn2)cc1. The average Bonchev–Trinajstić information content (AvgIpc) is 3.17. The van der Waals surface area contributed by atoms with Gasteiger partial charge in [-0.1, -0.05) is 6.08 Å². The van der Waals surface area contributed by atoms with Crippen LogP contribution in [0.1, 0.15) is 5.69 Å². The van der Waals surface area contributed by atoms with Crippen molar-refractivity contribution in [3.05, 3.63) is 60.2 Å². The lowest BCUT2D eigenvalue weighted by Gasteiger charge is -2.05. The van der Waals surface area contributed by atoms with Crippen molar-refractivity contribution in [1.29, 1.82) is 0 Å². The zero-order valence-electron chi connectivity index (χ0n) is 11.7. The van der Waals surface area contributed by atoms with Crippen LogP contribution in [0.2, 0.25) is 0 Å². The first-order chi connectivity index (χ1) is 10.8. The molecule has 0 spiro atoms. The third-order valence-electron chi connectivity index (χ3n) is 3.58. The molecule has 3 aromatic rings. The number of fused-ring (bicyclic) bond motifs is 1. The van der Waals surface area contributed by atoms with Gasteiger partial charge in [-0.05, 0) is 30.3 Å². The highest BCUT2D eigenvalue weighted by molar-refractivity contribution is 6.12. The van der Waals surface area contributed by atoms with Crippen molar-refractivity contribution in [2.75, 3.05) is 11.9 Å². The van der Waals surface area contributed by atoms with Crippen LogP contribution in [0.5, 0.6) is 0 Å². The van der Waals surface area contributed by atoms with Crippen LogP contribution in [-0.4, -0.2) is 22.7 Å². The number of halogens is 1. The van der Waals surface area contributed by atoms with Gasteiger partial charge in [-0.25, -0.2) is 9.37 Å². The van der Waals surface area contributed by atoms with Crippen molar-refractivity contribution in [3.63, 3.8) is 0 Å². The predicted octanol–water partition coefficient (Wildman–Crippen LogP) is 3.91. The molecule has 0 saturated heterocycles. The topological polar surface area (TPSA) is 53.1 Å². The molecule has 2 N–H and O–H groups in total. The van der Waals surface area contributed by atoms with E-state index >= 15 is 0 Å². The molecule has 3 heterocycles. The monoisotopic (exact) mass is 292 g/mol. The van der Waals surface area contributed by atoms with Crippen LogP contribution in [0, 0.1) is 5.82 Å². The molecule has 0 unspecified atom stereocenters. The van der Waals surface area contributed by atoms with Crippen LogP contribution in [-0.2, 0) is 0 Å². The second-order valence-electron chi connectivity index (χ2n) is 5.13. The summed E-state index contributed by atoms with van der Waals surface area (Å²) in [5.41, 5.74) is 3.93. The molecule has 0 bridgehead atoms. The highest BCUT2D eigenvalue weighted by Gasteiger charge is 2.08. The average molecular weight is 292 g/mol. The number of hydrogen-bond donors (Lipinski definition) is 2. The number of hydrogen-bond acceptors (Lipinski definition) is 3. The van der Waals surface area contributed by atoms with E-state index in [4.69, 9.17) is 0 Å². The summed E-state index contributed by atoms with van der Waals surface area (Å²) >= 11 is 0. The Kier molecular flexibility index (Phi) is 2.96. The predicted molar refractivity (Wildman–Crippen MR) is 87.1 cm³/mol. The molecule has 0 radical (unpaired) electrons. The molecule has 1 aliphatic rings. The molecule has 108 valence electrons. The van der Waals surface area contributed by atoms with Gasteiger partial charge >= 0.3 is 0 Å². The van der Waals surface area contributed by atoms with E-state index in [0.717, 1.165) is 34.4 Å². The zero-order valence-corrected chi connectivity index (χ0v) is 11.7. The lowest BCUT2D eigenvalue weighted by atomic mass is 10.2. The van der Waals surface area contributed by atoms with Gasteiger partial charge in [0, 0.05) is 40.8 Å². The van der Waals surface area contributed by atoms with Crippen molar-refractivity contribution in [3.8, 4) is 0 Å². The Bertz CT molecular complexity index is 891. The number of allylic oxidation sites excluding steroid dienone is 1. The maximum Gasteiger partial charge on any atom is 0.132 e.